The van der Waals surface area contributed by atoms with E-state index in [2.05, 4.69) is 15.1 Å². The molecule has 1 atom stereocenters. The third kappa shape index (κ3) is 3.45. The van der Waals surface area contributed by atoms with Gasteiger partial charge < -0.3 is 9.47 Å². The number of alkyl halides is 2. The number of nitrogens with zero attached hydrogens (tertiary/aromatic N) is 1. The van der Waals surface area contributed by atoms with Crippen LogP contribution >= 0.6 is 0 Å². The van der Waals surface area contributed by atoms with E-state index in [1.54, 1.807) is 36.5 Å². The molecule has 1 heterocycles. The van der Waals surface area contributed by atoms with Crippen LogP contribution in [0.4, 0.5) is 8.78 Å². The number of benzene rings is 1. The first-order valence-electron chi connectivity index (χ1n) is 6.16. The molecule has 0 aliphatic rings. The van der Waals surface area contributed by atoms with Gasteiger partial charge in [-0.1, -0.05) is 18.2 Å². The second-order valence-electron chi connectivity index (χ2n) is 4.11. The third-order valence-electron chi connectivity index (χ3n) is 2.91. The Morgan fingerprint density at radius 1 is 1.14 bits per heavy atom. The van der Waals surface area contributed by atoms with E-state index in [1.807, 2.05) is 0 Å². The van der Waals surface area contributed by atoms with Crippen molar-refractivity contribution in [3.63, 3.8) is 0 Å². The summed E-state index contributed by atoms with van der Waals surface area (Å²) in [5.74, 6) is 6.10. The predicted octanol–water partition coefficient (Wildman–Crippen LogP) is 2.24. The highest BCUT2D eigenvalue weighted by atomic mass is 19.3. The lowest BCUT2D eigenvalue weighted by Crippen LogP contribution is -2.30. The molecule has 112 valence electrons. The molecule has 2 aromatic rings. The fourth-order valence-corrected chi connectivity index (χ4v) is 2.03. The second kappa shape index (κ2) is 6.96. The minimum absolute atomic E-state index is 0.0307. The molecule has 0 saturated heterocycles. The zero-order valence-electron chi connectivity index (χ0n) is 11.3. The molecular formula is C14H15F2N3O2. The van der Waals surface area contributed by atoms with Gasteiger partial charge in [0, 0.05) is 11.8 Å². The molecule has 5 nitrogen and oxygen atoms in total. The number of nitrogens with one attached hydrogen (secondary N) is 1. The van der Waals surface area contributed by atoms with Crippen LogP contribution in [-0.2, 0) is 0 Å². The Labute approximate surface area is 120 Å². The number of nitrogens with two attached hydrogens (primary N) is 1. The van der Waals surface area contributed by atoms with Gasteiger partial charge in [-0.25, -0.2) is 5.43 Å². The molecule has 0 aliphatic carbocycles. The van der Waals surface area contributed by atoms with Crippen molar-refractivity contribution in [1.29, 1.82) is 0 Å². The first kappa shape index (κ1) is 15.1. The van der Waals surface area contributed by atoms with Crippen molar-refractivity contribution < 1.29 is 18.3 Å². The van der Waals surface area contributed by atoms with E-state index < -0.39 is 12.7 Å². The van der Waals surface area contributed by atoms with E-state index in [9.17, 15) is 8.78 Å². The molecular weight excluding hydrogens is 280 g/mol. The molecule has 0 radical (unpaired) electrons. The van der Waals surface area contributed by atoms with Gasteiger partial charge in [-0.05, 0) is 18.2 Å². The molecule has 0 spiro atoms. The minimum Gasteiger partial charge on any atom is -0.495 e. The minimum atomic E-state index is -2.92. The number of para-hydroxylation sites is 1. The van der Waals surface area contributed by atoms with E-state index >= 15 is 0 Å². The Morgan fingerprint density at radius 3 is 2.52 bits per heavy atom. The summed E-state index contributed by atoms with van der Waals surface area (Å²) in [5.41, 5.74) is 3.48. The third-order valence-corrected chi connectivity index (χ3v) is 2.91. The normalized spacial score (nSPS) is 12.2. The SMILES string of the molecule is COc1cccnc1C(NN)c1ccccc1OC(F)F. The molecule has 3 N–H and O–H groups in total. The van der Waals surface area contributed by atoms with E-state index in [0.717, 1.165) is 0 Å². The molecule has 1 aromatic carbocycles. The number of halogens is 2. The molecule has 0 fully saturated rings. The van der Waals surface area contributed by atoms with E-state index in [-0.39, 0.29) is 5.75 Å². The van der Waals surface area contributed by atoms with E-state index in [1.165, 1.54) is 13.2 Å². The molecule has 2 rings (SSSR count). The highest BCUT2D eigenvalue weighted by molar-refractivity contribution is 5.43. The lowest BCUT2D eigenvalue weighted by atomic mass is 10.0. The highest BCUT2D eigenvalue weighted by Gasteiger charge is 2.22. The Morgan fingerprint density at radius 2 is 1.86 bits per heavy atom. The molecule has 1 aromatic heterocycles. The fourth-order valence-electron chi connectivity index (χ4n) is 2.03. The topological polar surface area (TPSA) is 69.4 Å². The maximum absolute atomic E-state index is 12.5. The Kier molecular flexibility index (Phi) is 5.02. The summed E-state index contributed by atoms with van der Waals surface area (Å²) in [6.45, 7) is -2.92. The Balaban J connectivity index is 2.46. The quantitative estimate of drug-likeness (QED) is 0.632. The fraction of sp³-hybridized carbons (Fsp3) is 0.214. The van der Waals surface area contributed by atoms with Gasteiger partial charge in [-0.2, -0.15) is 8.78 Å². The monoisotopic (exact) mass is 295 g/mol. The summed E-state index contributed by atoms with van der Waals surface area (Å²) in [6.07, 6.45) is 1.57. The highest BCUT2D eigenvalue weighted by Crippen LogP contribution is 2.33. The van der Waals surface area contributed by atoms with Crippen LogP contribution in [0.3, 0.4) is 0 Å². The molecule has 0 amide bonds. The zero-order valence-corrected chi connectivity index (χ0v) is 11.3. The van der Waals surface area contributed by atoms with Gasteiger partial charge in [0.15, 0.2) is 0 Å². The van der Waals surface area contributed by atoms with Crippen LogP contribution in [0.1, 0.15) is 17.3 Å². The van der Waals surface area contributed by atoms with Crippen molar-refractivity contribution in [1.82, 2.24) is 10.4 Å². The molecule has 21 heavy (non-hydrogen) atoms. The lowest BCUT2D eigenvalue weighted by Gasteiger charge is -2.20. The average Bonchev–Trinajstić information content (AvgIpc) is 2.49. The Bertz CT molecular complexity index is 596. The number of ether oxygens (including phenoxy) is 2. The maximum Gasteiger partial charge on any atom is 0.387 e. The van der Waals surface area contributed by atoms with Crippen LogP contribution in [0.25, 0.3) is 0 Å². The summed E-state index contributed by atoms with van der Waals surface area (Å²) in [6, 6.07) is 9.16. The van der Waals surface area contributed by atoms with Gasteiger partial charge in [-0.3, -0.25) is 10.8 Å². The summed E-state index contributed by atoms with van der Waals surface area (Å²) >= 11 is 0. The van der Waals surface area contributed by atoms with Crippen LogP contribution in [-0.4, -0.2) is 18.7 Å². The van der Waals surface area contributed by atoms with Gasteiger partial charge in [0.25, 0.3) is 0 Å². The van der Waals surface area contributed by atoms with Crippen molar-refractivity contribution in [3.05, 3.63) is 53.9 Å². The van der Waals surface area contributed by atoms with Gasteiger partial charge in [0.1, 0.15) is 17.2 Å². The molecule has 7 heteroatoms. The zero-order chi connectivity index (χ0) is 15.2. The second-order valence-corrected chi connectivity index (χ2v) is 4.11. The summed E-state index contributed by atoms with van der Waals surface area (Å²) in [5, 5.41) is 0. The van der Waals surface area contributed by atoms with Crippen molar-refractivity contribution in [3.8, 4) is 11.5 Å². The average molecular weight is 295 g/mol. The molecule has 0 saturated carbocycles. The predicted molar refractivity (Wildman–Crippen MR) is 73.0 cm³/mol. The first-order chi connectivity index (χ1) is 10.2. The molecule has 0 bridgehead atoms. The standard InChI is InChI=1S/C14H15F2N3O2/c1-20-11-7-4-8-18-13(11)12(19-17)9-5-2-3-6-10(9)21-14(15)16/h2-8,12,14,19H,17H2,1H3. The van der Waals surface area contributed by atoms with Gasteiger partial charge >= 0.3 is 6.61 Å². The number of hydrogen-bond acceptors (Lipinski definition) is 5. The number of hydrogen-bond donors (Lipinski definition) is 2. The number of methoxy groups -OCH3 is 1. The lowest BCUT2D eigenvalue weighted by molar-refractivity contribution is -0.0506. The van der Waals surface area contributed by atoms with Gasteiger partial charge in [0.05, 0.1) is 13.2 Å². The number of aromatic nitrogens is 1. The van der Waals surface area contributed by atoms with Crippen LogP contribution in [0.5, 0.6) is 11.5 Å². The smallest absolute Gasteiger partial charge is 0.387 e. The summed E-state index contributed by atoms with van der Waals surface area (Å²) in [4.78, 5) is 4.21. The number of pyridine rings is 1. The van der Waals surface area contributed by atoms with Crippen LogP contribution < -0.4 is 20.7 Å². The number of hydrazine groups is 1. The van der Waals surface area contributed by atoms with Crippen molar-refractivity contribution in [2.75, 3.05) is 7.11 Å². The largest absolute Gasteiger partial charge is 0.495 e. The number of rotatable bonds is 6. The van der Waals surface area contributed by atoms with Crippen LogP contribution in [0.15, 0.2) is 42.6 Å². The first-order valence-corrected chi connectivity index (χ1v) is 6.16. The molecule has 0 aliphatic heterocycles. The van der Waals surface area contributed by atoms with E-state index in [0.29, 0.717) is 17.0 Å². The van der Waals surface area contributed by atoms with Crippen LogP contribution in [0.2, 0.25) is 0 Å². The van der Waals surface area contributed by atoms with Crippen molar-refractivity contribution in [2.24, 2.45) is 5.84 Å². The van der Waals surface area contributed by atoms with E-state index in [4.69, 9.17) is 10.6 Å². The van der Waals surface area contributed by atoms with Crippen LogP contribution in [0, 0.1) is 0 Å². The summed E-state index contributed by atoms with van der Waals surface area (Å²) < 4.78 is 34.8. The van der Waals surface area contributed by atoms with Crippen molar-refractivity contribution >= 4 is 0 Å². The van der Waals surface area contributed by atoms with Gasteiger partial charge in [-0.15, -0.1) is 0 Å². The van der Waals surface area contributed by atoms with Gasteiger partial charge in [0.2, 0.25) is 0 Å². The Hall–Kier alpha value is -2.25. The summed E-state index contributed by atoms with van der Waals surface area (Å²) in [7, 11) is 1.50. The molecule has 1 unspecified atom stereocenters. The van der Waals surface area contributed by atoms with Crippen molar-refractivity contribution in [2.45, 2.75) is 12.7 Å². The maximum atomic E-state index is 12.5.